The number of nitriles is 1. The summed E-state index contributed by atoms with van der Waals surface area (Å²) in [4.78, 5) is 11.1. The molecule has 0 saturated carbocycles. The highest BCUT2D eigenvalue weighted by molar-refractivity contribution is 5.86. The van der Waals surface area contributed by atoms with Crippen LogP contribution in [0.4, 0.5) is 0 Å². The van der Waals surface area contributed by atoms with Gasteiger partial charge in [0.25, 0.3) is 5.91 Å². The normalized spacial score (nSPS) is 11.3. The molecule has 96 valence electrons. The molecule has 0 spiro atoms. The van der Waals surface area contributed by atoms with Crippen LogP contribution >= 0.6 is 0 Å². The van der Waals surface area contributed by atoms with Gasteiger partial charge in [-0.25, -0.2) is 10.1 Å². The number of carbonyl (C=O) groups is 1. The van der Waals surface area contributed by atoms with E-state index in [1.54, 1.807) is 17.7 Å². The molecule has 0 aliphatic carbocycles. The van der Waals surface area contributed by atoms with E-state index < -0.39 is 5.91 Å². The molecule has 0 saturated heterocycles. The van der Waals surface area contributed by atoms with E-state index in [-0.39, 0.29) is 6.42 Å². The summed E-state index contributed by atoms with van der Waals surface area (Å²) in [7, 11) is 0. The van der Waals surface area contributed by atoms with Crippen LogP contribution in [0.15, 0.2) is 29.4 Å². The summed E-state index contributed by atoms with van der Waals surface area (Å²) < 4.78 is 1.70. The lowest BCUT2D eigenvalue weighted by Gasteiger charge is -2.02. The average Bonchev–Trinajstić information content (AvgIpc) is 2.80. The molecule has 0 unspecified atom stereocenters. The molecule has 19 heavy (non-hydrogen) atoms. The first kappa shape index (κ1) is 12.7. The van der Waals surface area contributed by atoms with Crippen LogP contribution in [-0.2, 0) is 11.3 Å². The van der Waals surface area contributed by atoms with Crippen LogP contribution in [0.3, 0.4) is 0 Å². The Bertz CT molecular complexity index is 666. The van der Waals surface area contributed by atoms with E-state index in [1.807, 2.05) is 24.3 Å². The van der Waals surface area contributed by atoms with Gasteiger partial charge in [-0.3, -0.25) is 4.79 Å². The summed E-state index contributed by atoms with van der Waals surface area (Å²) >= 11 is 0. The van der Waals surface area contributed by atoms with Crippen molar-refractivity contribution >= 4 is 22.7 Å². The van der Waals surface area contributed by atoms with E-state index in [0.29, 0.717) is 12.3 Å². The van der Waals surface area contributed by atoms with Crippen molar-refractivity contribution in [2.75, 3.05) is 0 Å². The fraction of sp³-hybridized carbons (Fsp3) is 0.250. The molecule has 1 aromatic carbocycles. The number of rotatable bonds is 4. The zero-order valence-corrected chi connectivity index (χ0v) is 10.4. The Hall–Kier alpha value is -2.75. The Morgan fingerprint density at radius 3 is 3.11 bits per heavy atom. The van der Waals surface area contributed by atoms with Crippen molar-refractivity contribution in [2.45, 2.75) is 19.9 Å². The van der Waals surface area contributed by atoms with Gasteiger partial charge in [-0.05, 0) is 19.1 Å². The second-order valence-corrected chi connectivity index (χ2v) is 3.95. The number of hydrogen-bond acceptors (Lipinski definition) is 5. The van der Waals surface area contributed by atoms with E-state index in [0.717, 1.165) is 11.0 Å². The molecule has 2 rings (SSSR count). The molecule has 2 aromatic rings. The van der Waals surface area contributed by atoms with E-state index in [1.165, 1.54) is 0 Å². The summed E-state index contributed by atoms with van der Waals surface area (Å²) in [6.07, 6.45) is -0.205. The Kier molecular flexibility index (Phi) is 3.83. The van der Waals surface area contributed by atoms with Crippen LogP contribution in [0.1, 0.15) is 13.3 Å². The maximum atomic E-state index is 11.1. The Balaban J connectivity index is 2.07. The van der Waals surface area contributed by atoms with Gasteiger partial charge in [0, 0.05) is 0 Å². The maximum absolute atomic E-state index is 11.1. The monoisotopic (exact) mass is 256 g/mol. The first-order chi connectivity index (χ1) is 9.20. The summed E-state index contributed by atoms with van der Waals surface area (Å²) in [5.41, 5.74) is 4.69. The summed E-state index contributed by atoms with van der Waals surface area (Å²) in [6.45, 7) is 2.19. The zero-order chi connectivity index (χ0) is 13.7. The first-order valence-corrected chi connectivity index (χ1v) is 5.68. The quantitative estimate of drug-likeness (QED) is 0.647. The number of hydrogen-bond donors (Lipinski definition) is 1. The van der Waals surface area contributed by atoms with Crippen molar-refractivity contribution in [3.63, 3.8) is 0 Å². The van der Waals surface area contributed by atoms with Crippen LogP contribution in [0, 0.1) is 11.3 Å². The predicted octanol–water partition coefficient (Wildman–Crippen LogP) is 0.837. The first-order valence-electron chi connectivity index (χ1n) is 5.68. The highest BCUT2D eigenvalue weighted by atomic mass is 16.2. The molecular weight excluding hydrogens is 244 g/mol. The van der Waals surface area contributed by atoms with Crippen molar-refractivity contribution in [2.24, 2.45) is 5.10 Å². The Morgan fingerprint density at radius 1 is 1.53 bits per heavy atom. The lowest BCUT2D eigenvalue weighted by atomic mass is 10.3. The molecule has 1 amide bonds. The molecular formula is C12H12N6O. The minimum Gasteiger partial charge on any atom is -0.272 e. The van der Waals surface area contributed by atoms with E-state index >= 15 is 0 Å². The number of hydrazone groups is 1. The summed E-state index contributed by atoms with van der Waals surface area (Å²) in [5, 5.41) is 20.3. The van der Waals surface area contributed by atoms with Crippen molar-refractivity contribution in [3.8, 4) is 6.07 Å². The molecule has 0 fully saturated rings. The third-order valence-electron chi connectivity index (χ3n) is 2.41. The van der Waals surface area contributed by atoms with Crippen molar-refractivity contribution in [3.05, 3.63) is 24.3 Å². The highest BCUT2D eigenvalue weighted by Crippen LogP contribution is 2.09. The van der Waals surface area contributed by atoms with Gasteiger partial charge in [-0.15, -0.1) is 5.10 Å². The van der Waals surface area contributed by atoms with Gasteiger partial charge in [0.15, 0.2) is 0 Å². The van der Waals surface area contributed by atoms with E-state index in [4.69, 9.17) is 5.26 Å². The second kappa shape index (κ2) is 5.73. The molecule has 0 radical (unpaired) electrons. The SMILES string of the molecule is C/C(Cn1nnc2ccccc21)=N\NC(=O)CC#N. The number of carbonyl (C=O) groups excluding carboxylic acids is 1. The zero-order valence-electron chi connectivity index (χ0n) is 10.4. The molecule has 0 bridgehead atoms. The van der Waals surface area contributed by atoms with E-state index in [2.05, 4.69) is 20.8 Å². The molecule has 0 atom stereocenters. The van der Waals surface area contributed by atoms with Gasteiger partial charge in [0.2, 0.25) is 0 Å². The van der Waals surface area contributed by atoms with E-state index in [9.17, 15) is 4.79 Å². The van der Waals surface area contributed by atoms with Crippen LogP contribution in [0.5, 0.6) is 0 Å². The largest absolute Gasteiger partial charge is 0.272 e. The number of nitrogens with one attached hydrogen (secondary N) is 1. The third kappa shape index (κ3) is 3.13. The van der Waals surface area contributed by atoms with Gasteiger partial charge in [0.05, 0.1) is 23.8 Å². The van der Waals surface area contributed by atoms with Crippen LogP contribution in [0.25, 0.3) is 11.0 Å². The van der Waals surface area contributed by atoms with Crippen molar-refractivity contribution in [1.29, 1.82) is 5.26 Å². The van der Waals surface area contributed by atoms with Crippen LogP contribution in [0.2, 0.25) is 0 Å². The lowest BCUT2D eigenvalue weighted by Crippen LogP contribution is -2.20. The van der Waals surface area contributed by atoms with Crippen molar-refractivity contribution in [1.82, 2.24) is 20.4 Å². The highest BCUT2D eigenvalue weighted by Gasteiger charge is 2.04. The third-order valence-corrected chi connectivity index (χ3v) is 2.41. The minimum absolute atomic E-state index is 0.205. The molecule has 7 heteroatoms. The number of nitrogens with zero attached hydrogens (tertiary/aromatic N) is 5. The molecule has 1 aromatic heterocycles. The maximum Gasteiger partial charge on any atom is 0.254 e. The van der Waals surface area contributed by atoms with Gasteiger partial charge in [-0.2, -0.15) is 10.4 Å². The topological polar surface area (TPSA) is 96.0 Å². The minimum atomic E-state index is -0.426. The average molecular weight is 256 g/mol. The number of fused-ring (bicyclic) bond motifs is 1. The fourth-order valence-electron chi connectivity index (χ4n) is 1.56. The molecule has 1 heterocycles. The number of para-hydroxylation sites is 1. The number of benzene rings is 1. The lowest BCUT2D eigenvalue weighted by molar-refractivity contribution is -0.120. The Morgan fingerprint density at radius 2 is 2.32 bits per heavy atom. The second-order valence-electron chi connectivity index (χ2n) is 3.95. The molecule has 0 aliphatic rings. The summed E-state index contributed by atoms with van der Waals surface area (Å²) in [6, 6.07) is 9.34. The smallest absolute Gasteiger partial charge is 0.254 e. The number of amides is 1. The molecule has 0 aliphatic heterocycles. The predicted molar refractivity (Wildman–Crippen MR) is 69.0 cm³/mol. The van der Waals surface area contributed by atoms with Crippen LogP contribution < -0.4 is 5.43 Å². The van der Waals surface area contributed by atoms with Gasteiger partial charge < -0.3 is 0 Å². The molecule has 1 N–H and O–H groups in total. The van der Waals surface area contributed by atoms with Gasteiger partial charge in [-0.1, -0.05) is 17.3 Å². The Labute approximate surface area is 109 Å². The van der Waals surface area contributed by atoms with Crippen LogP contribution in [-0.4, -0.2) is 26.6 Å². The van der Waals surface area contributed by atoms with Gasteiger partial charge >= 0.3 is 0 Å². The van der Waals surface area contributed by atoms with Gasteiger partial charge in [0.1, 0.15) is 11.9 Å². The summed E-state index contributed by atoms with van der Waals surface area (Å²) in [5.74, 6) is -0.426. The number of aromatic nitrogens is 3. The standard InChI is InChI=1S/C12H12N6O/c1-9(14-16-12(19)6-7-13)8-18-11-5-3-2-4-10(11)15-17-18/h2-5H,6,8H2,1H3,(H,16,19)/b14-9+. The molecule has 7 nitrogen and oxygen atoms in total. The fourth-order valence-corrected chi connectivity index (χ4v) is 1.56. The van der Waals surface area contributed by atoms with Crippen molar-refractivity contribution < 1.29 is 4.79 Å².